The number of anilines is 2. The topological polar surface area (TPSA) is 64.3 Å². The molecule has 2 aliphatic carbocycles. The van der Waals surface area contributed by atoms with Gasteiger partial charge < -0.3 is 15.8 Å². The second-order valence-electron chi connectivity index (χ2n) is 7.83. The molecule has 0 bridgehead atoms. The number of unbranched alkanes of at least 4 members (excludes halogenated alkanes) is 1. The number of halogens is 2. The maximum Gasteiger partial charge on any atom is 0.277 e. The monoisotopic (exact) mass is 378 g/mol. The fourth-order valence-corrected chi connectivity index (χ4v) is 4.22. The number of benzene rings is 1. The van der Waals surface area contributed by atoms with E-state index in [2.05, 4.69) is 11.9 Å². The number of fused-ring (bicyclic) bond motifs is 1. The fraction of sp³-hybridized carbons (Fsp3) is 0.571. The molecule has 148 valence electrons. The molecule has 3 N–H and O–H groups in total. The van der Waals surface area contributed by atoms with E-state index in [1.54, 1.807) is 12.1 Å². The highest BCUT2D eigenvalue weighted by Crippen LogP contribution is 2.56. The molecule has 2 fully saturated rings. The molecule has 2 aliphatic rings. The summed E-state index contributed by atoms with van der Waals surface area (Å²) in [6, 6.07) is 4.66. The smallest absolute Gasteiger partial charge is 0.277 e. The van der Waals surface area contributed by atoms with Gasteiger partial charge in [-0.1, -0.05) is 19.4 Å². The minimum Gasteiger partial charge on any atom is -0.497 e. The van der Waals surface area contributed by atoms with E-state index in [4.69, 9.17) is 10.5 Å². The van der Waals surface area contributed by atoms with Gasteiger partial charge in [-0.3, -0.25) is 4.79 Å². The van der Waals surface area contributed by atoms with Gasteiger partial charge in [-0.2, -0.15) is 0 Å². The van der Waals surface area contributed by atoms with Crippen molar-refractivity contribution in [2.75, 3.05) is 18.2 Å². The third-order valence-electron chi connectivity index (χ3n) is 6.03. The van der Waals surface area contributed by atoms with E-state index in [0.717, 1.165) is 30.6 Å². The molecule has 0 aromatic heterocycles. The van der Waals surface area contributed by atoms with Gasteiger partial charge in [-0.25, -0.2) is 8.78 Å². The second-order valence-corrected chi connectivity index (χ2v) is 7.83. The van der Waals surface area contributed by atoms with Crippen molar-refractivity contribution in [1.29, 1.82) is 0 Å². The van der Waals surface area contributed by atoms with E-state index in [-0.39, 0.29) is 17.8 Å². The zero-order chi connectivity index (χ0) is 19.6. The third kappa shape index (κ3) is 4.60. The predicted octanol–water partition coefficient (Wildman–Crippen LogP) is 5.01. The zero-order valence-corrected chi connectivity index (χ0v) is 15.8. The number of nitrogens with one attached hydrogen (secondary N) is 1. The highest BCUT2D eigenvalue weighted by molar-refractivity contribution is 6.06. The van der Waals surface area contributed by atoms with Crippen LogP contribution in [0.1, 0.15) is 44.9 Å². The summed E-state index contributed by atoms with van der Waals surface area (Å²) in [4.78, 5) is 12.2. The maximum atomic E-state index is 14.4. The molecule has 1 aromatic carbocycles. The lowest BCUT2D eigenvalue weighted by Crippen LogP contribution is -2.29. The van der Waals surface area contributed by atoms with Crippen molar-refractivity contribution in [3.63, 3.8) is 0 Å². The van der Waals surface area contributed by atoms with Gasteiger partial charge in [-0.15, -0.1) is 0 Å². The third-order valence-corrected chi connectivity index (χ3v) is 6.03. The zero-order valence-electron chi connectivity index (χ0n) is 15.8. The molecule has 2 saturated carbocycles. The Morgan fingerprint density at radius 3 is 2.78 bits per heavy atom. The molecule has 27 heavy (non-hydrogen) atoms. The highest BCUT2D eigenvalue weighted by Gasteiger charge is 2.47. The van der Waals surface area contributed by atoms with Crippen molar-refractivity contribution in [2.45, 2.75) is 50.9 Å². The van der Waals surface area contributed by atoms with Crippen LogP contribution < -0.4 is 15.8 Å². The first kappa shape index (κ1) is 19.6. The molecule has 4 nitrogen and oxygen atoms in total. The first-order valence-electron chi connectivity index (χ1n) is 9.64. The summed E-state index contributed by atoms with van der Waals surface area (Å²) in [6.07, 6.45) is 5.75. The van der Waals surface area contributed by atoms with Gasteiger partial charge in [0, 0.05) is 12.5 Å². The van der Waals surface area contributed by atoms with E-state index in [1.165, 1.54) is 32.4 Å². The standard InChI is InChI=1S/C21H28F2N2O2/c1-13(20(26)25-19-12-16(27-2)8-9-18(19)24)21(22,23)10-4-3-5-14-6-7-15-11-17(14)15/h8-9,12,14-15,17H,1,3-7,10-11,24H2,2H3,(H,25,26)/t14-,15?,17?/m0/s1. The van der Waals surface area contributed by atoms with Gasteiger partial charge in [-0.05, 0) is 55.6 Å². The summed E-state index contributed by atoms with van der Waals surface area (Å²) >= 11 is 0. The molecule has 0 radical (unpaired) electrons. The Bertz CT molecular complexity index is 720. The van der Waals surface area contributed by atoms with Gasteiger partial charge in [0.15, 0.2) is 0 Å². The molecule has 6 heteroatoms. The first-order chi connectivity index (χ1) is 12.8. The predicted molar refractivity (Wildman–Crippen MR) is 103 cm³/mol. The minimum atomic E-state index is -3.23. The van der Waals surface area contributed by atoms with Crippen LogP contribution >= 0.6 is 0 Å². The number of nitrogen functional groups attached to an aromatic ring is 1. The summed E-state index contributed by atoms with van der Waals surface area (Å²) < 4.78 is 33.8. The average Bonchev–Trinajstić information content (AvgIpc) is 3.32. The van der Waals surface area contributed by atoms with Crippen molar-refractivity contribution in [2.24, 2.45) is 17.8 Å². The molecule has 1 aromatic rings. The summed E-state index contributed by atoms with van der Waals surface area (Å²) in [7, 11) is 1.47. The Labute approximate surface area is 159 Å². The normalized spacial score (nSPS) is 23.6. The Hall–Kier alpha value is -2.11. The van der Waals surface area contributed by atoms with Crippen LogP contribution in [-0.4, -0.2) is 18.9 Å². The number of hydrogen-bond acceptors (Lipinski definition) is 3. The van der Waals surface area contributed by atoms with Crippen LogP contribution in [0.15, 0.2) is 30.4 Å². The van der Waals surface area contributed by atoms with Crippen LogP contribution in [0.25, 0.3) is 0 Å². The van der Waals surface area contributed by atoms with Crippen molar-refractivity contribution < 1.29 is 18.3 Å². The molecule has 0 spiro atoms. The number of carbonyl (C=O) groups is 1. The first-order valence-corrected chi connectivity index (χ1v) is 9.64. The van der Waals surface area contributed by atoms with Crippen LogP contribution in [0.4, 0.5) is 20.2 Å². The lowest BCUT2D eigenvalue weighted by atomic mass is 9.94. The van der Waals surface area contributed by atoms with E-state index in [0.29, 0.717) is 12.2 Å². The van der Waals surface area contributed by atoms with Crippen LogP contribution in [0.2, 0.25) is 0 Å². The van der Waals surface area contributed by atoms with Gasteiger partial charge in [0.1, 0.15) is 5.75 Å². The van der Waals surface area contributed by atoms with E-state index in [9.17, 15) is 13.6 Å². The minimum absolute atomic E-state index is 0.233. The lowest BCUT2D eigenvalue weighted by molar-refractivity contribution is -0.116. The van der Waals surface area contributed by atoms with Crippen LogP contribution in [-0.2, 0) is 4.79 Å². The molecule has 0 heterocycles. The van der Waals surface area contributed by atoms with Gasteiger partial charge in [0.2, 0.25) is 0 Å². The van der Waals surface area contributed by atoms with Gasteiger partial charge >= 0.3 is 0 Å². The number of hydrogen-bond donors (Lipinski definition) is 2. The van der Waals surface area contributed by atoms with Crippen molar-refractivity contribution in [1.82, 2.24) is 0 Å². The van der Waals surface area contributed by atoms with Crippen molar-refractivity contribution >= 4 is 17.3 Å². The number of alkyl halides is 2. The number of amides is 1. The van der Waals surface area contributed by atoms with Crippen molar-refractivity contribution in [3.05, 3.63) is 30.4 Å². The SMILES string of the molecule is C=C(C(=O)Nc1cc(OC)ccc1N)C(F)(F)CCCC[C@H]1CCC2CC21. The Morgan fingerprint density at radius 2 is 2.15 bits per heavy atom. The molecule has 0 saturated heterocycles. The summed E-state index contributed by atoms with van der Waals surface area (Å²) in [5.74, 6) is -1.16. The van der Waals surface area contributed by atoms with Crippen molar-refractivity contribution in [3.8, 4) is 5.75 Å². The summed E-state index contributed by atoms with van der Waals surface area (Å²) in [5, 5.41) is 2.41. The molecule has 3 atom stereocenters. The molecule has 1 amide bonds. The average molecular weight is 378 g/mol. The Morgan fingerprint density at radius 1 is 1.37 bits per heavy atom. The lowest BCUT2D eigenvalue weighted by Gasteiger charge is -2.20. The fourth-order valence-electron chi connectivity index (χ4n) is 4.22. The number of rotatable bonds is 9. The van der Waals surface area contributed by atoms with Crippen LogP contribution in [0.3, 0.4) is 0 Å². The molecular formula is C21H28F2N2O2. The van der Waals surface area contributed by atoms with E-state index in [1.807, 2.05) is 0 Å². The maximum absolute atomic E-state index is 14.4. The summed E-state index contributed by atoms with van der Waals surface area (Å²) in [5.41, 5.74) is 5.56. The number of carbonyl (C=O) groups excluding carboxylic acids is 1. The number of nitrogens with two attached hydrogens (primary N) is 1. The van der Waals surface area contributed by atoms with Gasteiger partial charge in [0.05, 0.1) is 24.1 Å². The van der Waals surface area contributed by atoms with Crippen LogP contribution in [0.5, 0.6) is 5.75 Å². The number of ether oxygens (including phenoxy) is 1. The summed E-state index contributed by atoms with van der Waals surface area (Å²) in [6.45, 7) is 3.34. The Balaban J connectivity index is 1.47. The molecule has 2 unspecified atom stereocenters. The molecule has 0 aliphatic heterocycles. The van der Waals surface area contributed by atoms with E-state index < -0.39 is 17.4 Å². The second kappa shape index (κ2) is 7.87. The largest absolute Gasteiger partial charge is 0.497 e. The van der Waals surface area contributed by atoms with E-state index >= 15 is 0 Å². The quantitative estimate of drug-likeness (QED) is 0.360. The number of methoxy groups -OCH3 is 1. The Kier molecular flexibility index (Phi) is 5.72. The highest BCUT2D eigenvalue weighted by atomic mass is 19.3. The molecule has 3 rings (SSSR count). The van der Waals surface area contributed by atoms with Crippen LogP contribution in [0, 0.1) is 17.8 Å². The van der Waals surface area contributed by atoms with Gasteiger partial charge in [0.25, 0.3) is 11.8 Å². The molecular weight excluding hydrogens is 350 g/mol.